The fourth-order valence-electron chi connectivity index (χ4n) is 2.77. The van der Waals surface area contributed by atoms with E-state index in [0.717, 1.165) is 14.9 Å². The van der Waals surface area contributed by atoms with E-state index in [1.54, 1.807) is 30.0 Å². The van der Waals surface area contributed by atoms with E-state index in [-0.39, 0.29) is 12.5 Å². The molecule has 1 unspecified atom stereocenters. The molecule has 134 valence electrons. The number of imide groups is 1. The zero-order chi connectivity index (χ0) is 18.8. The standard InChI is InChI=1S/C18H22BrN3O3/c1-5-21(10-12(2)3)15(23)11-22-16(24)18(4,20-17(22)25)13-7-6-8-14(19)9-13/h6-9H,2,5,10-11H2,1,3-4H3,(H,20,25). The summed E-state index contributed by atoms with van der Waals surface area (Å²) < 4.78 is 0.807. The van der Waals surface area contributed by atoms with E-state index in [9.17, 15) is 14.4 Å². The number of carbonyl (C=O) groups excluding carboxylic acids is 3. The van der Waals surface area contributed by atoms with Gasteiger partial charge in [-0.15, -0.1) is 0 Å². The van der Waals surface area contributed by atoms with Crippen molar-refractivity contribution in [2.24, 2.45) is 0 Å². The third kappa shape index (κ3) is 3.92. The molecular formula is C18H22BrN3O3. The first kappa shape index (κ1) is 19.2. The molecule has 1 N–H and O–H groups in total. The number of rotatable bonds is 6. The number of carbonyl (C=O) groups is 3. The maximum atomic E-state index is 12.9. The zero-order valence-corrected chi connectivity index (χ0v) is 16.2. The van der Waals surface area contributed by atoms with Crippen LogP contribution < -0.4 is 5.32 Å². The van der Waals surface area contributed by atoms with E-state index in [1.165, 1.54) is 0 Å². The molecule has 6 nitrogen and oxygen atoms in total. The lowest BCUT2D eigenvalue weighted by atomic mass is 9.92. The summed E-state index contributed by atoms with van der Waals surface area (Å²) in [7, 11) is 0. The lowest BCUT2D eigenvalue weighted by Crippen LogP contribution is -2.44. The molecule has 0 radical (unpaired) electrons. The minimum Gasteiger partial charge on any atom is -0.337 e. The Morgan fingerprint density at radius 3 is 2.64 bits per heavy atom. The SMILES string of the molecule is C=C(C)CN(CC)C(=O)CN1C(=O)NC(C)(c2cccc(Br)c2)C1=O. The molecule has 1 heterocycles. The Morgan fingerprint density at radius 1 is 1.40 bits per heavy atom. The molecule has 1 aliphatic heterocycles. The molecule has 1 aromatic carbocycles. The minimum absolute atomic E-state index is 0.282. The predicted molar refractivity (Wildman–Crippen MR) is 98.8 cm³/mol. The van der Waals surface area contributed by atoms with Gasteiger partial charge in [0.2, 0.25) is 5.91 Å². The van der Waals surface area contributed by atoms with Gasteiger partial charge in [-0.05, 0) is 38.5 Å². The maximum Gasteiger partial charge on any atom is 0.325 e. The Balaban J connectivity index is 2.21. The third-order valence-corrected chi connectivity index (χ3v) is 4.66. The lowest BCUT2D eigenvalue weighted by Gasteiger charge is -2.24. The van der Waals surface area contributed by atoms with Gasteiger partial charge in [0.1, 0.15) is 12.1 Å². The summed E-state index contributed by atoms with van der Waals surface area (Å²) in [4.78, 5) is 40.2. The van der Waals surface area contributed by atoms with Gasteiger partial charge in [0.15, 0.2) is 0 Å². The highest BCUT2D eigenvalue weighted by atomic mass is 79.9. The van der Waals surface area contributed by atoms with Crippen LogP contribution in [0.15, 0.2) is 40.9 Å². The van der Waals surface area contributed by atoms with Gasteiger partial charge in [0.05, 0.1) is 0 Å². The molecule has 7 heteroatoms. The van der Waals surface area contributed by atoms with E-state index < -0.39 is 17.5 Å². The fourth-order valence-corrected chi connectivity index (χ4v) is 3.17. The third-order valence-electron chi connectivity index (χ3n) is 4.17. The summed E-state index contributed by atoms with van der Waals surface area (Å²) in [5.74, 6) is -0.720. The molecule has 0 aromatic heterocycles. The molecular weight excluding hydrogens is 386 g/mol. The number of hydrogen-bond acceptors (Lipinski definition) is 3. The first-order valence-corrected chi connectivity index (χ1v) is 8.80. The van der Waals surface area contributed by atoms with Crippen molar-refractivity contribution >= 4 is 33.8 Å². The molecule has 0 aliphatic carbocycles. The number of benzene rings is 1. The zero-order valence-electron chi connectivity index (χ0n) is 14.6. The molecule has 0 spiro atoms. The molecule has 1 saturated heterocycles. The average molecular weight is 408 g/mol. The molecule has 1 fully saturated rings. The van der Waals surface area contributed by atoms with Crippen molar-refractivity contribution in [3.05, 3.63) is 46.5 Å². The summed E-state index contributed by atoms with van der Waals surface area (Å²) in [5, 5.41) is 2.71. The Labute approximate surface area is 156 Å². The van der Waals surface area contributed by atoms with Crippen LogP contribution in [0, 0.1) is 0 Å². The van der Waals surface area contributed by atoms with Gasteiger partial charge < -0.3 is 10.2 Å². The monoisotopic (exact) mass is 407 g/mol. The van der Waals surface area contributed by atoms with Gasteiger partial charge in [-0.25, -0.2) is 4.79 Å². The first-order valence-electron chi connectivity index (χ1n) is 8.01. The lowest BCUT2D eigenvalue weighted by molar-refractivity contribution is -0.138. The van der Waals surface area contributed by atoms with Crippen LogP contribution in [0.25, 0.3) is 0 Å². The second-order valence-corrected chi connectivity index (χ2v) is 7.24. The highest BCUT2D eigenvalue weighted by Gasteiger charge is 2.49. The van der Waals surface area contributed by atoms with Crippen LogP contribution in [-0.4, -0.2) is 47.3 Å². The van der Waals surface area contributed by atoms with Gasteiger partial charge in [0.25, 0.3) is 5.91 Å². The van der Waals surface area contributed by atoms with Crippen molar-refractivity contribution in [2.75, 3.05) is 19.6 Å². The summed E-state index contributed by atoms with van der Waals surface area (Å²) in [6, 6.07) is 6.62. The first-order chi connectivity index (χ1) is 11.7. The number of nitrogens with one attached hydrogen (secondary N) is 1. The molecule has 1 aromatic rings. The van der Waals surface area contributed by atoms with Crippen molar-refractivity contribution in [3.63, 3.8) is 0 Å². The summed E-state index contributed by atoms with van der Waals surface area (Å²) in [6.07, 6.45) is 0. The van der Waals surface area contributed by atoms with Crippen molar-refractivity contribution in [3.8, 4) is 0 Å². The van der Waals surface area contributed by atoms with Crippen LogP contribution >= 0.6 is 15.9 Å². The van der Waals surface area contributed by atoms with E-state index in [0.29, 0.717) is 18.7 Å². The van der Waals surface area contributed by atoms with Gasteiger partial charge >= 0.3 is 6.03 Å². The molecule has 25 heavy (non-hydrogen) atoms. The Morgan fingerprint density at radius 2 is 2.08 bits per heavy atom. The number of halogens is 1. The molecule has 0 saturated carbocycles. The second kappa shape index (κ2) is 7.39. The second-order valence-electron chi connectivity index (χ2n) is 6.32. The minimum atomic E-state index is -1.19. The van der Waals surface area contributed by atoms with Crippen LogP contribution in [-0.2, 0) is 15.1 Å². The normalized spacial score (nSPS) is 19.8. The molecule has 0 bridgehead atoms. The van der Waals surface area contributed by atoms with Gasteiger partial charge in [0, 0.05) is 17.6 Å². The maximum absolute atomic E-state index is 12.9. The smallest absolute Gasteiger partial charge is 0.325 e. The highest BCUT2D eigenvalue weighted by molar-refractivity contribution is 9.10. The van der Waals surface area contributed by atoms with Crippen LogP contribution in [0.5, 0.6) is 0 Å². The summed E-state index contributed by atoms with van der Waals surface area (Å²) >= 11 is 3.37. The van der Waals surface area contributed by atoms with Gasteiger partial charge in [-0.3, -0.25) is 14.5 Å². The van der Waals surface area contributed by atoms with Gasteiger partial charge in [-0.2, -0.15) is 0 Å². The average Bonchev–Trinajstić information content (AvgIpc) is 2.76. The van der Waals surface area contributed by atoms with Crippen molar-refractivity contribution in [1.29, 1.82) is 0 Å². The number of likely N-dealkylation sites (N-methyl/N-ethyl adjacent to an activating group) is 1. The Bertz CT molecular complexity index is 734. The number of hydrogen-bond donors (Lipinski definition) is 1. The van der Waals surface area contributed by atoms with Crippen molar-refractivity contribution < 1.29 is 14.4 Å². The quantitative estimate of drug-likeness (QED) is 0.581. The summed E-state index contributed by atoms with van der Waals surface area (Å²) in [5.41, 5.74) is 0.308. The van der Waals surface area contributed by atoms with E-state index >= 15 is 0 Å². The fraction of sp³-hybridized carbons (Fsp3) is 0.389. The molecule has 1 aliphatic rings. The predicted octanol–water partition coefficient (Wildman–Crippen LogP) is 2.64. The molecule has 4 amide bonds. The van der Waals surface area contributed by atoms with E-state index in [2.05, 4.69) is 27.8 Å². The molecule has 2 rings (SSSR count). The number of urea groups is 1. The van der Waals surface area contributed by atoms with Crippen molar-refractivity contribution in [2.45, 2.75) is 26.3 Å². The Kier molecular flexibility index (Phi) is 5.67. The number of amides is 4. The van der Waals surface area contributed by atoms with E-state index in [1.807, 2.05) is 19.9 Å². The highest BCUT2D eigenvalue weighted by Crippen LogP contribution is 2.30. The van der Waals surface area contributed by atoms with E-state index in [4.69, 9.17) is 0 Å². The largest absolute Gasteiger partial charge is 0.337 e. The topological polar surface area (TPSA) is 69.7 Å². The van der Waals surface area contributed by atoms with Crippen LogP contribution in [0.1, 0.15) is 26.3 Å². The number of nitrogens with zero attached hydrogens (tertiary/aromatic N) is 2. The van der Waals surface area contributed by atoms with Crippen molar-refractivity contribution in [1.82, 2.24) is 15.1 Å². The van der Waals surface area contributed by atoms with Crippen LogP contribution in [0.3, 0.4) is 0 Å². The summed E-state index contributed by atoms with van der Waals surface area (Å²) in [6.45, 7) is 9.72. The Hall–Kier alpha value is -2.15. The molecule has 1 atom stereocenters. The van der Waals surface area contributed by atoms with Gasteiger partial charge in [-0.1, -0.05) is 40.2 Å². The van der Waals surface area contributed by atoms with Crippen LogP contribution in [0.2, 0.25) is 0 Å². The van der Waals surface area contributed by atoms with Crippen LogP contribution in [0.4, 0.5) is 4.79 Å².